The van der Waals surface area contributed by atoms with E-state index in [1.807, 2.05) is 0 Å². The molecule has 0 spiro atoms. The number of rotatable bonds is 4. The van der Waals surface area contributed by atoms with Crippen LogP contribution in [0, 0.1) is 17.7 Å². The molecule has 1 fully saturated rings. The van der Waals surface area contributed by atoms with E-state index in [1.165, 1.54) is 12.1 Å². The van der Waals surface area contributed by atoms with Crippen molar-refractivity contribution in [3.63, 3.8) is 0 Å². The van der Waals surface area contributed by atoms with Gasteiger partial charge in [0, 0.05) is 12.5 Å². The van der Waals surface area contributed by atoms with Crippen molar-refractivity contribution in [3.8, 4) is 0 Å². The van der Waals surface area contributed by atoms with Gasteiger partial charge in [-0.25, -0.2) is 4.39 Å². The van der Waals surface area contributed by atoms with Gasteiger partial charge in [0.1, 0.15) is 5.82 Å². The van der Waals surface area contributed by atoms with Crippen LogP contribution in [0.15, 0.2) is 24.3 Å². The van der Waals surface area contributed by atoms with E-state index < -0.39 is 0 Å². The fourth-order valence-electron chi connectivity index (χ4n) is 2.63. The highest BCUT2D eigenvalue weighted by atomic mass is 19.1. The molecule has 2 atom stereocenters. The maximum absolute atomic E-state index is 13.0. The molecule has 1 aliphatic rings. The van der Waals surface area contributed by atoms with Crippen molar-refractivity contribution in [1.82, 2.24) is 5.32 Å². The minimum absolute atomic E-state index is 0.0311. The van der Waals surface area contributed by atoms with E-state index in [0.717, 1.165) is 24.8 Å². The molecule has 0 aromatic heterocycles. The van der Waals surface area contributed by atoms with Gasteiger partial charge in [-0.2, -0.15) is 0 Å². The molecule has 0 radical (unpaired) electrons. The van der Waals surface area contributed by atoms with Crippen LogP contribution in [0.3, 0.4) is 0 Å². The zero-order chi connectivity index (χ0) is 13.0. The monoisotopic (exact) mass is 250 g/mol. The summed E-state index contributed by atoms with van der Waals surface area (Å²) in [5.41, 5.74) is 6.44. The quantitative estimate of drug-likeness (QED) is 0.856. The van der Waals surface area contributed by atoms with Crippen LogP contribution in [0.1, 0.15) is 24.8 Å². The van der Waals surface area contributed by atoms with Gasteiger partial charge in [0.2, 0.25) is 5.91 Å². The van der Waals surface area contributed by atoms with Gasteiger partial charge in [-0.05, 0) is 43.0 Å². The topological polar surface area (TPSA) is 55.1 Å². The zero-order valence-electron chi connectivity index (χ0n) is 10.4. The van der Waals surface area contributed by atoms with Gasteiger partial charge in [0.15, 0.2) is 0 Å². The summed E-state index contributed by atoms with van der Waals surface area (Å²) in [5, 5.41) is 2.87. The molecular weight excluding hydrogens is 231 g/mol. The Morgan fingerprint density at radius 1 is 1.44 bits per heavy atom. The second-order valence-electron chi connectivity index (χ2n) is 4.88. The number of hydrogen-bond donors (Lipinski definition) is 2. The lowest BCUT2D eigenvalue weighted by Crippen LogP contribution is -2.34. The molecule has 1 saturated carbocycles. The molecule has 1 amide bonds. The van der Waals surface area contributed by atoms with Crippen molar-refractivity contribution in [2.75, 3.05) is 6.54 Å². The Morgan fingerprint density at radius 3 is 3.00 bits per heavy atom. The second kappa shape index (κ2) is 5.96. The molecule has 0 aliphatic heterocycles. The lowest BCUT2D eigenvalue weighted by molar-refractivity contribution is -0.126. The van der Waals surface area contributed by atoms with Crippen LogP contribution < -0.4 is 11.1 Å². The Hall–Kier alpha value is -1.42. The maximum atomic E-state index is 13.0. The average Bonchev–Trinajstić information content (AvgIpc) is 2.84. The predicted molar refractivity (Wildman–Crippen MR) is 68.1 cm³/mol. The van der Waals surface area contributed by atoms with Crippen molar-refractivity contribution >= 4 is 5.91 Å². The van der Waals surface area contributed by atoms with Crippen LogP contribution in [0.2, 0.25) is 0 Å². The fraction of sp³-hybridized carbons (Fsp3) is 0.500. The summed E-state index contributed by atoms with van der Waals surface area (Å²) in [5.74, 6) is 0.107. The fourth-order valence-corrected chi connectivity index (χ4v) is 2.63. The molecule has 2 unspecified atom stereocenters. The van der Waals surface area contributed by atoms with Crippen LogP contribution in [-0.4, -0.2) is 12.5 Å². The van der Waals surface area contributed by atoms with E-state index in [-0.39, 0.29) is 17.6 Å². The van der Waals surface area contributed by atoms with Gasteiger partial charge in [0.05, 0.1) is 0 Å². The third-order valence-electron chi connectivity index (χ3n) is 3.65. The van der Waals surface area contributed by atoms with Gasteiger partial charge in [-0.15, -0.1) is 0 Å². The summed E-state index contributed by atoms with van der Waals surface area (Å²) in [6.45, 7) is 0.947. The van der Waals surface area contributed by atoms with Crippen LogP contribution in [-0.2, 0) is 11.3 Å². The first kappa shape index (κ1) is 13.0. The van der Waals surface area contributed by atoms with Crippen LogP contribution in [0.4, 0.5) is 4.39 Å². The Labute approximate surface area is 107 Å². The lowest BCUT2D eigenvalue weighted by Gasteiger charge is -2.17. The molecule has 98 valence electrons. The number of carbonyl (C=O) groups excluding carboxylic acids is 1. The van der Waals surface area contributed by atoms with Gasteiger partial charge >= 0.3 is 0 Å². The molecular formula is C14H19FN2O. The van der Waals surface area contributed by atoms with Crippen molar-refractivity contribution in [3.05, 3.63) is 35.6 Å². The Bertz CT molecular complexity index is 422. The van der Waals surface area contributed by atoms with Crippen LogP contribution in [0.25, 0.3) is 0 Å². The highest BCUT2D eigenvalue weighted by molar-refractivity contribution is 5.79. The van der Waals surface area contributed by atoms with Gasteiger partial charge in [0.25, 0.3) is 0 Å². The van der Waals surface area contributed by atoms with Crippen LogP contribution in [0.5, 0.6) is 0 Å². The number of nitrogens with two attached hydrogens (primary N) is 1. The van der Waals surface area contributed by atoms with Crippen LogP contribution >= 0.6 is 0 Å². The molecule has 2 rings (SSSR count). The normalized spacial score (nSPS) is 23.0. The van der Waals surface area contributed by atoms with E-state index in [2.05, 4.69) is 5.32 Å². The molecule has 1 aliphatic carbocycles. The largest absolute Gasteiger partial charge is 0.352 e. The van der Waals surface area contributed by atoms with Gasteiger partial charge < -0.3 is 11.1 Å². The molecule has 4 heteroatoms. The third kappa shape index (κ3) is 3.07. The Morgan fingerprint density at radius 2 is 2.28 bits per heavy atom. The SMILES string of the molecule is NCC1CCCC1C(=O)NCc1cccc(F)c1. The summed E-state index contributed by atoms with van der Waals surface area (Å²) in [6.07, 6.45) is 3.02. The number of amides is 1. The minimum atomic E-state index is -0.276. The smallest absolute Gasteiger partial charge is 0.223 e. The molecule has 1 aromatic rings. The van der Waals surface area contributed by atoms with E-state index in [1.54, 1.807) is 12.1 Å². The van der Waals surface area contributed by atoms with Gasteiger partial charge in [-0.3, -0.25) is 4.79 Å². The van der Waals surface area contributed by atoms with Crippen molar-refractivity contribution in [2.24, 2.45) is 17.6 Å². The first-order valence-electron chi connectivity index (χ1n) is 6.43. The number of carbonyl (C=O) groups is 1. The van der Waals surface area contributed by atoms with E-state index in [4.69, 9.17) is 5.73 Å². The first-order valence-corrected chi connectivity index (χ1v) is 6.43. The molecule has 0 heterocycles. The summed E-state index contributed by atoms with van der Waals surface area (Å²) >= 11 is 0. The number of benzene rings is 1. The van der Waals surface area contributed by atoms with E-state index >= 15 is 0 Å². The molecule has 18 heavy (non-hydrogen) atoms. The lowest BCUT2D eigenvalue weighted by atomic mass is 9.95. The Balaban J connectivity index is 1.88. The highest BCUT2D eigenvalue weighted by Crippen LogP contribution is 2.30. The average molecular weight is 250 g/mol. The highest BCUT2D eigenvalue weighted by Gasteiger charge is 2.31. The Kier molecular flexibility index (Phi) is 4.31. The number of hydrogen-bond acceptors (Lipinski definition) is 2. The third-order valence-corrected chi connectivity index (χ3v) is 3.65. The summed E-state index contributed by atoms with van der Waals surface area (Å²) < 4.78 is 13.0. The van der Waals surface area contributed by atoms with Crippen molar-refractivity contribution in [1.29, 1.82) is 0 Å². The standard InChI is InChI=1S/C14H19FN2O/c15-12-5-1-3-10(7-12)9-17-14(18)13-6-2-4-11(13)8-16/h1,3,5,7,11,13H,2,4,6,8-9,16H2,(H,17,18). The van der Waals surface area contributed by atoms with E-state index in [0.29, 0.717) is 19.0 Å². The first-order chi connectivity index (χ1) is 8.70. The number of nitrogens with one attached hydrogen (secondary N) is 1. The molecule has 0 saturated heterocycles. The maximum Gasteiger partial charge on any atom is 0.223 e. The molecule has 3 N–H and O–H groups in total. The molecule has 0 bridgehead atoms. The minimum Gasteiger partial charge on any atom is -0.352 e. The van der Waals surface area contributed by atoms with Gasteiger partial charge in [-0.1, -0.05) is 18.6 Å². The molecule has 1 aromatic carbocycles. The van der Waals surface area contributed by atoms with Crippen molar-refractivity contribution in [2.45, 2.75) is 25.8 Å². The summed E-state index contributed by atoms with van der Waals surface area (Å²) in [6, 6.07) is 6.29. The van der Waals surface area contributed by atoms with E-state index in [9.17, 15) is 9.18 Å². The molecule has 3 nitrogen and oxygen atoms in total. The number of halogens is 1. The summed E-state index contributed by atoms with van der Waals surface area (Å²) in [7, 11) is 0. The van der Waals surface area contributed by atoms with Crippen molar-refractivity contribution < 1.29 is 9.18 Å². The second-order valence-corrected chi connectivity index (χ2v) is 4.88. The predicted octanol–water partition coefficient (Wildman–Crippen LogP) is 1.82. The zero-order valence-corrected chi connectivity index (χ0v) is 10.4. The summed E-state index contributed by atoms with van der Waals surface area (Å²) in [4.78, 5) is 12.0.